The molecule has 0 fully saturated rings. The van der Waals surface area contributed by atoms with E-state index >= 15 is 0 Å². The molecule has 3 N–H and O–H groups in total. The van der Waals surface area contributed by atoms with Gasteiger partial charge in [-0.1, -0.05) is 103 Å². The maximum Gasteiger partial charge on any atom is 0.165 e. The van der Waals surface area contributed by atoms with Crippen LogP contribution in [0.3, 0.4) is 0 Å². The number of unbranched alkanes of at least 4 members (excludes halogenated alkanes) is 15. The maximum absolute atomic E-state index is 12.2. The van der Waals surface area contributed by atoms with Gasteiger partial charge < -0.3 is 38.9 Å². The van der Waals surface area contributed by atoms with Crippen molar-refractivity contribution < 1.29 is 28.6 Å². The van der Waals surface area contributed by atoms with Crippen LogP contribution in [0.5, 0.6) is 0 Å². The van der Waals surface area contributed by atoms with E-state index in [1.807, 2.05) is 0 Å². The number of hydrogen-bond acceptors (Lipinski definition) is 10. The van der Waals surface area contributed by atoms with Gasteiger partial charge in [0.1, 0.15) is 18.2 Å². The molecule has 0 aliphatic rings. The lowest BCUT2D eigenvalue weighted by atomic mass is 10.0. The molecule has 236 valence electrons. The molecule has 41 heavy (non-hydrogen) atoms. The van der Waals surface area contributed by atoms with Crippen LogP contribution < -0.4 is 10.6 Å². The number of aliphatic hydroxyl groups is 1. The van der Waals surface area contributed by atoms with Crippen molar-refractivity contribution in [2.75, 3.05) is 38.5 Å². The van der Waals surface area contributed by atoms with E-state index in [4.69, 9.17) is 19.7 Å². The fourth-order valence-electron chi connectivity index (χ4n) is 4.74. The second-order valence-corrected chi connectivity index (χ2v) is 12.5. The molecule has 0 amide bonds. The predicted molar refractivity (Wildman–Crippen MR) is 160 cm³/mol. The number of anilines is 1. The SMILES string of the molecule is CCCCCCCCCCCCCCCCCCOCCOP(=O)([O-])CO[C@H](CO)Cn1cnc2c(N)ncnc21. The lowest BCUT2D eigenvalue weighted by Crippen LogP contribution is -2.26. The Balaban J connectivity index is 1.40. The van der Waals surface area contributed by atoms with E-state index < -0.39 is 20.0 Å². The van der Waals surface area contributed by atoms with E-state index in [1.165, 1.54) is 103 Å². The first-order chi connectivity index (χ1) is 20.0. The van der Waals surface area contributed by atoms with Gasteiger partial charge in [0.25, 0.3) is 0 Å². The van der Waals surface area contributed by atoms with Gasteiger partial charge in [-0.2, -0.15) is 0 Å². The van der Waals surface area contributed by atoms with Crippen molar-refractivity contribution in [2.24, 2.45) is 0 Å². The molecule has 0 radical (unpaired) electrons. The number of aliphatic hydroxyl groups excluding tert-OH is 1. The summed E-state index contributed by atoms with van der Waals surface area (Å²) in [6.45, 7) is 2.77. The number of nitrogen functional groups attached to an aromatic ring is 1. The maximum atomic E-state index is 12.2. The molecule has 2 aromatic heterocycles. The van der Waals surface area contributed by atoms with Gasteiger partial charge in [0.15, 0.2) is 19.1 Å². The Hall–Kier alpha value is -1.62. The van der Waals surface area contributed by atoms with Crippen molar-refractivity contribution in [1.29, 1.82) is 0 Å². The molecule has 1 unspecified atom stereocenters. The Kier molecular flexibility index (Phi) is 19.1. The summed E-state index contributed by atoms with van der Waals surface area (Å²) in [5.41, 5.74) is 6.69. The zero-order chi connectivity index (χ0) is 29.6. The van der Waals surface area contributed by atoms with Crippen LogP contribution in [-0.4, -0.2) is 63.5 Å². The summed E-state index contributed by atoms with van der Waals surface area (Å²) in [4.78, 5) is 24.3. The summed E-state index contributed by atoms with van der Waals surface area (Å²) in [6.07, 6.45) is 22.5. The zero-order valence-electron chi connectivity index (χ0n) is 25.1. The predicted octanol–water partition coefficient (Wildman–Crippen LogP) is 5.59. The van der Waals surface area contributed by atoms with Crippen molar-refractivity contribution in [3.63, 3.8) is 0 Å². The van der Waals surface area contributed by atoms with Crippen molar-refractivity contribution in [3.05, 3.63) is 12.7 Å². The van der Waals surface area contributed by atoms with Crippen molar-refractivity contribution in [2.45, 2.75) is 122 Å². The van der Waals surface area contributed by atoms with Crippen LogP contribution in [0.4, 0.5) is 5.82 Å². The summed E-state index contributed by atoms with van der Waals surface area (Å²) in [7, 11) is -4.23. The number of hydrogen-bond donors (Lipinski definition) is 2. The Morgan fingerprint density at radius 2 is 1.46 bits per heavy atom. The summed E-state index contributed by atoms with van der Waals surface area (Å²) >= 11 is 0. The van der Waals surface area contributed by atoms with E-state index in [-0.39, 0.29) is 32.2 Å². The van der Waals surface area contributed by atoms with E-state index in [0.717, 1.165) is 12.8 Å². The van der Waals surface area contributed by atoms with Gasteiger partial charge in [0.2, 0.25) is 0 Å². The molecular weight excluding hydrogens is 545 g/mol. The summed E-state index contributed by atoms with van der Waals surface area (Å²) in [5, 5.41) is 9.63. The van der Waals surface area contributed by atoms with Gasteiger partial charge in [0, 0.05) is 6.61 Å². The van der Waals surface area contributed by atoms with Crippen molar-refractivity contribution >= 4 is 24.6 Å². The number of imidazole rings is 1. The number of nitrogens with zero attached hydrogens (tertiary/aromatic N) is 4. The minimum absolute atomic E-state index is 0.0604. The number of rotatable bonds is 27. The molecule has 0 bridgehead atoms. The highest BCUT2D eigenvalue weighted by Crippen LogP contribution is 2.37. The van der Waals surface area contributed by atoms with Gasteiger partial charge >= 0.3 is 0 Å². The fourth-order valence-corrected chi connectivity index (χ4v) is 5.56. The first kappa shape index (κ1) is 35.6. The first-order valence-electron chi connectivity index (χ1n) is 15.6. The number of ether oxygens (including phenoxy) is 2. The second kappa shape index (κ2) is 22.0. The molecule has 12 heteroatoms. The highest BCUT2D eigenvalue weighted by atomic mass is 31.2. The molecule has 0 spiro atoms. The van der Waals surface area contributed by atoms with Crippen LogP contribution in [0.2, 0.25) is 0 Å². The smallest absolute Gasteiger partial charge is 0.165 e. The van der Waals surface area contributed by atoms with Gasteiger partial charge in [-0.3, -0.25) is 0 Å². The highest BCUT2D eigenvalue weighted by Gasteiger charge is 2.17. The van der Waals surface area contributed by atoms with Crippen LogP contribution in [0.15, 0.2) is 12.7 Å². The third-order valence-electron chi connectivity index (χ3n) is 7.16. The quantitative estimate of drug-likeness (QED) is 0.0980. The van der Waals surface area contributed by atoms with Crippen LogP contribution in [-0.2, 0) is 25.1 Å². The highest BCUT2D eigenvalue weighted by molar-refractivity contribution is 7.51. The second-order valence-electron chi connectivity index (χ2n) is 10.8. The molecule has 2 aromatic rings. The van der Waals surface area contributed by atoms with Gasteiger partial charge in [-0.25, -0.2) is 15.0 Å². The van der Waals surface area contributed by atoms with Crippen LogP contribution in [0.1, 0.15) is 110 Å². The molecule has 0 aromatic carbocycles. The van der Waals surface area contributed by atoms with E-state index in [1.54, 1.807) is 4.57 Å². The molecule has 0 saturated carbocycles. The zero-order valence-corrected chi connectivity index (χ0v) is 26.0. The van der Waals surface area contributed by atoms with Crippen LogP contribution in [0.25, 0.3) is 11.2 Å². The minimum atomic E-state index is -4.23. The Labute approximate surface area is 246 Å². The summed E-state index contributed by atoms with van der Waals surface area (Å²) in [5.74, 6) is 0.240. The number of fused-ring (bicyclic) bond motifs is 1. The number of aromatic nitrogens is 4. The third-order valence-corrected chi connectivity index (χ3v) is 8.20. The molecular formula is C29H53N5O6P-. The van der Waals surface area contributed by atoms with Gasteiger partial charge in [-0.15, -0.1) is 0 Å². The molecule has 11 nitrogen and oxygen atoms in total. The van der Waals surface area contributed by atoms with E-state index in [9.17, 15) is 14.6 Å². The summed E-state index contributed by atoms with van der Waals surface area (Å²) in [6, 6.07) is 0. The molecule has 2 heterocycles. The van der Waals surface area contributed by atoms with Crippen molar-refractivity contribution in [3.8, 4) is 0 Å². The largest absolute Gasteiger partial charge is 0.777 e. The van der Waals surface area contributed by atoms with E-state index in [0.29, 0.717) is 17.8 Å². The van der Waals surface area contributed by atoms with Crippen LogP contribution >= 0.6 is 7.60 Å². The average Bonchev–Trinajstić information content (AvgIpc) is 3.38. The Morgan fingerprint density at radius 3 is 2.05 bits per heavy atom. The third kappa shape index (κ3) is 16.0. The Bertz CT molecular complexity index is 978. The van der Waals surface area contributed by atoms with Crippen LogP contribution in [0, 0.1) is 0 Å². The lowest BCUT2D eigenvalue weighted by molar-refractivity contribution is -0.206. The molecule has 0 saturated heterocycles. The molecule has 0 aliphatic carbocycles. The minimum Gasteiger partial charge on any atom is -0.777 e. The van der Waals surface area contributed by atoms with Gasteiger partial charge in [0.05, 0.1) is 38.8 Å². The molecule has 2 rings (SSSR count). The van der Waals surface area contributed by atoms with Gasteiger partial charge in [-0.05, 0) is 6.42 Å². The number of nitrogens with two attached hydrogens (primary N) is 1. The molecule has 0 aliphatic heterocycles. The van der Waals surface area contributed by atoms with Crippen molar-refractivity contribution in [1.82, 2.24) is 19.5 Å². The standard InChI is InChI=1S/C29H54N5O6P/c1-2-3-4-5-6-7-8-9-10-11-12-13-14-15-16-17-18-38-19-20-40-41(36,37)25-39-26(22-35)21-34-24-33-27-28(30)31-23-32-29(27)34/h23-24,26,35H,2-22,25H2,1H3,(H,36,37)(H2,30,31,32)/p-1/t26-/m0/s1. The fraction of sp³-hybridized carbons (Fsp3) is 0.828. The Morgan fingerprint density at radius 1 is 0.878 bits per heavy atom. The topological polar surface area (TPSA) is 158 Å². The average molecular weight is 599 g/mol. The molecule has 2 atom stereocenters. The first-order valence-corrected chi connectivity index (χ1v) is 17.4. The summed E-state index contributed by atoms with van der Waals surface area (Å²) < 4.78 is 29.7. The lowest BCUT2D eigenvalue weighted by Gasteiger charge is -2.25. The normalized spacial score (nSPS) is 14.0. The van der Waals surface area contributed by atoms with E-state index in [2.05, 4.69) is 21.9 Å². The monoisotopic (exact) mass is 598 g/mol.